The van der Waals surface area contributed by atoms with Gasteiger partial charge >= 0.3 is 18.1 Å². The van der Waals surface area contributed by atoms with E-state index in [2.05, 4.69) is 22.6 Å². The van der Waals surface area contributed by atoms with Crippen LogP contribution in [0.5, 0.6) is 0 Å². The Bertz CT molecular complexity index is 761. The zero-order valence-electron chi connectivity index (χ0n) is 13.8. The van der Waals surface area contributed by atoms with E-state index >= 15 is 0 Å². The van der Waals surface area contributed by atoms with Gasteiger partial charge in [0.1, 0.15) is 18.3 Å². The molecule has 2 saturated carbocycles. The van der Waals surface area contributed by atoms with Gasteiger partial charge in [0.05, 0.1) is 11.8 Å². The average Bonchev–Trinajstić information content (AvgIpc) is 3.18. The van der Waals surface area contributed by atoms with Crippen molar-refractivity contribution in [2.24, 2.45) is 23.7 Å². The molecule has 3 aliphatic rings. The van der Waals surface area contributed by atoms with E-state index in [9.17, 15) is 19.5 Å². The first-order chi connectivity index (χ1) is 12.4. The van der Waals surface area contributed by atoms with Crippen molar-refractivity contribution in [1.82, 2.24) is 0 Å². The number of carbonyl (C=O) groups excluding carboxylic acids is 2. The highest BCUT2D eigenvalue weighted by molar-refractivity contribution is 14.1. The van der Waals surface area contributed by atoms with Crippen molar-refractivity contribution in [1.29, 1.82) is 0 Å². The van der Waals surface area contributed by atoms with Gasteiger partial charge in [-0.25, -0.2) is 4.79 Å². The van der Waals surface area contributed by atoms with Crippen LogP contribution in [0.2, 0.25) is 0 Å². The number of benzene rings is 1. The highest BCUT2D eigenvalue weighted by Crippen LogP contribution is 2.58. The molecule has 7 unspecified atom stereocenters. The molecule has 0 amide bonds. The number of ether oxygens (including phenoxy) is 3. The van der Waals surface area contributed by atoms with Crippen molar-refractivity contribution >= 4 is 40.7 Å². The van der Waals surface area contributed by atoms with Crippen LogP contribution in [-0.4, -0.2) is 35.4 Å². The van der Waals surface area contributed by atoms with Gasteiger partial charge in [-0.05, 0) is 53.6 Å². The molecule has 1 heterocycles. The second kappa shape index (κ2) is 6.40. The minimum Gasteiger partial charge on any atom is -0.481 e. The highest BCUT2D eigenvalue weighted by atomic mass is 127. The van der Waals surface area contributed by atoms with Crippen LogP contribution in [0.1, 0.15) is 25.0 Å². The van der Waals surface area contributed by atoms with E-state index in [1.54, 1.807) is 6.92 Å². The fourth-order valence-electron chi connectivity index (χ4n) is 4.57. The predicted molar refractivity (Wildman–Crippen MR) is 95.0 cm³/mol. The summed E-state index contributed by atoms with van der Waals surface area (Å²) in [5.74, 6) is -3.64. The maximum absolute atomic E-state index is 12.2. The summed E-state index contributed by atoms with van der Waals surface area (Å²) < 4.78 is 17.1. The van der Waals surface area contributed by atoms with Crippen molar-refractivity contribution in [3.05, 3.63) is 33.4 Å². The van der Waals surface area contributed by atoms with Gasteiger partial charge in [-0.2, -0.15) is 0 Å². The quantitative estimate of drug-likeness (QED) is 0.532. The Morgan fingerprint density at radius 3 is 2.62 bits per heavy atom. The third-order valence-electron chi connectivity index (χ3n) is 5.68. The molecule has 138 valence electrons. The largest absolute Gasteiger partial charge is 0.509 e. The Kier molecular flexibility index (Phi) is 4.32. The number of halogens is 1. The van der Waals surface area contributed by atoms with Crippen molar-refractivity contribution in [3.63, 3.8) is 0 Å². The third kappa shape index (κ3) is 2.74. The number of hydrogen-bond donors (Lipinski definition) is 1. The molecule has 26 heavy (non-hydrogen) atoms. The summed E-state index contributed by atoms with van der Waals surface area (Å²) in [5.41, 5.74) is 0.825. The van der Waals surface area contributed by atoms with Gasteiger partial charge < -0.3 is 19.3 Å². The Balaban J connectivity index is 1.44. The van der Waals surface area contributed by atoms with Crippen LogP contribution in [-0.2, 0) is 23.8 Å². The molecular formula is C18H17IO7. The number of aliphatic carboxylic acids is 1. The summed E-state index contributed by atoms with van der Waals surface area (Å²) in [6.07, 6.45) is -2.19. The molecule has 1 saturated heterocycles. The molecule has 1 aromatic carbocycles. The first kappa shape index (κ1) is 17.6. The molecule has 0 spiro atoms. The molecule has 7 atom stereocenters. The van der Waals surface area contributed by atoms with Gasteiger partial charge in [0.25, 0.3) is 0 Å². The average molecular weight is 472 g/mol. The van der Waals surface area contributed by atoms with E-state index in [4.69, 9.17) is 14.2 Å². The van der Waals surface area contributed by atoms with Crippen LogP contribution in [0.25, 0.3) is 0 Å². The summed E-state index contributed by atoms with van der Waals surface area (Å²) in [6, 6.07) is 7.54. The molecule has 4 rings (SSSR count). The molecule has 3 fully saturated rings. The number of rotatable bonds is 4. The van der Waals surface area contributed by atoms with Gasteiger partial charge in [0.2, 0.25) is 0 Å². The zero-order valence-corrected chi connectivity index (χ0v) is 16.0. The van der Waals surface area contributed by atoms with Crippen LogP contribution in [0.15, 0.2) is 24.3 Å². The van der Waals surface area contributed by atoms with Crippen molar-refractivity contribution in [2.45, 2.75) is 31.7 Å². The standard InChI is InChI=1S/C18H17IO7/c1-7(8-2-4-9(19)5-3-8)24-18(23)26-15-10-6-11-13(12(10)16(20)21)17(22)25-14(11)15/h2-5,7,10-15H,6H2,1H3,(H,20,21). The molecule has 8 heteroatoms. The second-order valence-electron chi connectivity index (χ2n) is 7.00. The summed E-state index contributed by atoms with van der Waals surface area (Å²) in [7, 11) is 0. The van der Waals surface area contributed by atoms with Crippen LogP contribution < -0.4 is 0 Å². The molecule has 7 nitrogen and oxygen atoms in total. The lowest BCUT2D eigenvalue weighted by Crippen LogP contribution is -2.43. The fourth-order valence-corrected chi connectivity index (χ4v) is 4.93. The molecule has 1 aliphatic heterocycles. The van der Waals surface area contributed by atoms with E-state index in [1.165, 1.54) is 0 Å². The third-order valence-corrected chi connectivity index (χ3v) is 6.39. The smallest absolute Gasteiger partial charge is 0.481 e. The monoisotopic (exact) mass is 472 g/mol. The Labute approximate surface area is 163 Å². The normalized spacial score (nSPS) is 35.1. The number of esters is 1. The maximum Gasteiger partial charge on any atom is 0.509 e. The van der Waals surface area contributed by atoms with Gasteiger partial charge in [-0.1, -0.05) is 12.1 Å². The summed E-state index contributed by atoms with van der Waals surface area (Å²) in [4.78, 5) is 35.8. The topological polar surface area (TPSA) is 99.1 Å². The fraction of sp³-hybridized carbons (Fsp3) is 0.500. The van der Waals surface area contributed by atoms with E-state index in [0.717, 1.165) is 9.13 Å². The number of hydrogen-bond acceptors (Lipinski definition) is 6. The van der Waals surface area contributed by atoms with E-state index in [1.807, 2.05) is 24.3 Å². The molecule has 2 bridgehead atoms. The van der Waals surface area contributed by atoms with Crippen LogP contribution >= 0.6 is 22.6 Å². The van der Waals surface area contributed by atoms with E-state index in [0.29, 0.717) is 6.42 Å². The van der Waals surface area contributed by atoms with Crippen molar-refractivity contribution < 1.29 is 33.7 Å². The minimum atomic E-state index is -1.05. The maximum atomic E-state index is 12.2. The summed E-state index contributed by atoms with van der Waals surface area (Å²) in [5, 5.41) is 9.46. The van der Waals surface area contributed by atoms with Gasteiger partial charge in [-0.15, -0.1) is 0 Å². The van der Waals surface area contributed by atoms with Crippen LogP contribution in [0.4, 0.5) is 4.79 Å². The van der Waals surface area contributed by atoms with Gasteiger partial charge in [0.15, 0.2) is 0 Å². The Hall–Kier alpha value is -1.84. The SMILES string of the molecule is CC(OC(=O)OC1C2CC3C1OC(=O)C3C2C(=O)O)c1ccc(I)cc1. The minimum absolute atomic E-state index is 0.194. The molecule has 0 radical (unpaired) electrons. The number of carbonyl (C=O) groups is 3. The summed E-state index contributed by atoms with van der Waals surface area (Å²) in [6.45, 7) is 1.73. The van der Waals surface area contributed by atoms with Crippen LogP contribution in [0, 0.1) is 27.2 Å². The second-order valence-corrected chi connectivity index (χ2v) is 8.24. The molecular weight excluding hydrogens is 455 g/mol. The highest BCUT2D eigenvalue weighted by Gasteiger charge is 2.70. The number of carboxylic acid groups (broad SMARTS) is 1. The number of fused-ring (bicyclic) bond motifs is 1. The van der Waals surface area contributed by atoms with Gasteiger partial charge in [-0.3, -0.25) is 9.59 Å². The molecule has 0 aromatic heterocycles. The van der Waals surface area contributed by atoms with Crippen molar-refractivity contribution in [2.75, 3.05) is 0 Å². The van der Waals surface area contributed by atoms with Crippen molar-refractivity contribution in [3.8, 4) is 0 Å². The van der Waals surface area contributed by atoms with Gasteiger partial charge in [0, 0.05) is 15.4 Å². The Morgan fingerprint density at radius 2 is 1.96 bits per heavy atom. The molecule has 1 N–H and O–H groups in total. The predicted octanol–water partition coefficient (Wildman–Crippen LogP) is 2.77. The lowest BCUT2D eigenvalue weighted by Gasteiger charge is -2.29. The summed E-state index contributed by atoms with van der Waals surface area (Å²) >= 11 is 2.19. The molecule has 1 aromatic rings. The lowest BCUT2D eigenvalue weighted by atomic mass is 9.78. The first-order valence-electron chi connectivity index (χ1n) is 8.43. The first-order valence-corrected chi connectivity index (χ1v) is 9.50. The zero-order chi connectivity index (χ0) is 18.6. The Morgan fingerprint density at radius 1 is 1.27 bits per heavy atom. The van der Waals surface area contributed by atoms with E-state index in [-0.39, 0.29) is 5.92 Å². The molecule has 2 aliphatic carbocycles. The van der Waals surface area contributed by atoms with Crippen LogP contribution in [0.3, 0.4) is 0 Å². The lowest BCUT2D eigenvalue weighted by molar-refractivity contribution is -0.151. The number of carboxylic acids is 1. The van der Waals surface area contributed by atoms with E-state index < -0.39 is 54.2 Å².